The average Bonchev–Trinajstić information content (AvgIpc) is 2.83. The SMILES string of the molecule is COc1cc(-c2c(NC(=O)c3ccccc3Cl)sc3ccccc3c2=O)cc(OC)c1OC. The fourth-order valence-electron chi connectivity index (χ4n) is 3.53. The van der Waals surface area contributed by atoms with Crippen molar-refractivity contribution in [1.82, 2.24) is 0 Å². The number of ether oxygens (including phenoxy) is 3. The summed E-state index contributed by atoms with van der Waals surface area (Å²) < 4.78 is 17.1. The second-order valence-corrected chi connectivity index (χ2v) is 8.44. The highest BCUT2D eigenvalue weighted by Gasteiger charge is 2.22. The zero-order chi connectivity index (χ0) is 23.5. The summed E-state index contributed by atoms with van der Waals surface area (Å²) in [5.41, 5.74) is 0.917. The third-order valence-electron chi connectivity index (χ3n) is 5.10. The van der Waals surface area contributed by atoms with Gasteiger partial charge in [-0.25, -0.2) is 0 Å². The molecule has 0 aliphatic carbocycles. The zero-order valence-electron chi connectivity index (χ0n) is 18.1. The normalized spacial score (nSPS) is 10.7. The number of anilines is 1. The molecule has 0 saturated heterocycles. The van der Waals surface area contributed by atoms with Crippen LogP contribution < -0.4 is 25.0 Å². The van der Waals surface area contributed by atoms with Gasteiger partial charge < -0.3 is 19.5 Å². The topological polar surface area (TPSA) is 73.9 Å². The molecule has 168 valence electrons. The second-order valence-electron chi connectivity index (χ2n) is 6.98. The van der Waals surface area contributed by atoms with Crippen molar-refractivity contribution in [3.8, 4) is 28.4 Å². The Kier molecular flexibility index (Phi) is 6.53. The molecule has 6 nitrogen and oxygen atoms in total. The first-order chi connectivity index (χ1) is 16.0. The molecular formula is C25H20ClNO5S. The summed E-state index contributed by atoms with van der Waals surface area (Å²) in [5, 5.41) is 4.13. The second kappa shape index (κ2) is 9.52. The molecular weight excluding hydrogens is 462 g/mol. The maximum atomic E-state index is 13.6. The van der Waals surface area contributed by atoms with Gasteiger partial charge in [-0.2, -0.15) is 0 Å². The molecule has 0 atom stereocenters. The zero-order valence-corrected chi connectivity index (χ0v) is 19.7. The Morgan fingerprint density at radius 1 is 0.909 bits per heavy atom. The maximum absolute atomic E-state index is 13.6. The van der Waals surface area contributed by atoms with Gasteiger partial charge in [-0.05, 0) is 42.0 Å². The molecule has 0 spiro atoms. The van der Waals surface area contributed by atoms with Crippen molar-refractivity contribution in [3.63, 3.8) is 0 Å². The molecule has 33 heavy (non-hydrogen) atoms. The molecule has 0 aliphatic heterocycles. The van der Waals surface area contributed by atoms with Crippen LogP contribution in [0.25, 0.3) is 21.2 Å². The highest BCUT2D eigenvalue weighted by Crippen LogP contribution is 2.43. The predicted octanol–water partition coefficient (Wildman–Crippen LogP) is 5.86. The summed E-state index contributed by atoms with van der Waals surface area (Å²) in [4.78, 5) is 26.7. The highest BCUT2D eigenvalue weighted by molar-refractivity contribution is 7.22. The van der Waals surface area contributed by atoms with Crippen molar-refractivity contribution in [3.05, 3.63) is 81.5 Å². The third kappa shape index (κ3) is 4.25. The fraction of sp³-hybridized carbons (Fsp3) is 0.120. The standard InChI is InChI=1S/C25H20ClNO5S/c1-30-18-12-14(13-19(31-2)23(18)32-3)21-22(28)16-9-5-7-11-20(16)33-25(21)27-24(29)15-8-4-6-10-17(15)26/h4-13H,1-3H3,(H,27,29). The van der Waals surface area contributed by atoms with E-state index in [9.17, 15) is 9.59 Å². The summed E-state index contributed by atoms with van der Waals surface area (Å²) in [7, 11) is 4.51. The Morgan fingerprint density at radius 3 is 2.18 bits per heavy atom. The van der Waals surface area contributed by atoms with Crippen molar-refractivity contribution < 1.29 is 19.0 Å². The molecule has 0 aliphatic rings. The van der Waals surface area contributed by atoms with Crippen LogP contribution in [0.1, 0.15) is 10.4 Å². The molecule has 0 fully saturated rings. The van der Waals surface area contributed by atoms with Crippen LogP contribution in [-0.2, 0) is 0 Å². The molecule has 1 amide bonds. The van der Waals surface area contributed by atoms with Crippen molar-refractivity contribution in [2.75, 3.05) is 26.6 Å². The molecule has 0 unspecified atom stereocenters. The third-order valence-corrected chi connectivity index (χ3v) is 6.51. The number of fused-ring (bicyclic) bond motifs is 1. The van der Waals surface area contributed by atoms with Gasteiger partial charge in [-0.1, -0.05) is 35.9 Å². The largest absolute Gasteiger partial charge is 0.493 e. The number of hydrogen-bond acceptors (Lipinski definition) is 6. The lowest BCUT2D eigenvalue weighted by Crippen LogP contribution is -2.16. The van der Waals surface area contributed by atoms with Crippen LogP contribution in [0.4, 0.5) is 5.00 Å². The molecule has 0 radical (unpaired) electrons. The van der Waals surface area contributed by atoms with Crippen molar-refractivity contribution in [2.24, 2.45) is 0 Å². The minimum Gasteiger partial charge on any atom is -0.493 e. The van der Waals surface area contributed by atoms with Gasteiger partial charge in [-0.3, -0.25) is 9.59 Å². The summed E-state index contributed by atoms with van der Waals surface area (Å²) in [6.07, 6.45) is 0. The maximum Gasteiger partial charge on any atom is 0.257 e. The first kappa shape index (κ1) is 22.6. The van der Waals surface area contributed by atoms with Gasteiger partial charge in [0.05, 0.1) is 37.5 Å². The number of halogens is 1. The van der Waals surface area contributed by atoms with Crippen LogP contribution in [0.15, 0.2) is 65.5 Å². The van der Waals surface area contributed by atoms with E-state index in [4.69, 9.17) is 25.8 Å². The Labute approximate surface area is 199 Å². The van der Waals surface area contributed by atoms with E-state index in [0.717, 1.165) is 4.70 Å². The van der Waals surface area contributed by atoms with Crippen molar-refractivity contribution in [1.29, 1.82) is 0 Å². The number of amides is 1. The molecule has 1 heterocycles. The molecule has 8 heteroatoms. The van der Waals surface area contributed by atoms with Crippen molar-refractivity contribution in [2.45, 2.75) is 0 Å². The van der Waals surface area contributed by atoms with Gasteiger partial charge in [0, 0.05) is 10.1 Å². The highest BCUT2D eigenvalue weighted by atomic mass is 35.5. The summed E-state index contributed by atoms with van der Waals surface area (Å²) in [6.45, 7) is 0. The lowest BCUT2D eigenvalue weighted by Gasteiger charge is -2.16. The van der Waals surface area contributed by atoms with Gasteiger partial charge in [0.2, 0.25) is 5.75 Å². The lowest BCUT2D eigenvalue weighted by atomic mass is 10.0. The number of benzene rings is 3. The number of carbonyl (C=O) groups excluding carboxylic acids is 1. The Hall–Kier alpha value is -3.55. The van der Waals surface area contributed by atoms with E-state index in [1.54, 1.807) is 48.5 Å². The molecule has 0 saturated carbocycles. The molecule has 4 aromatic rings. The smallest absolute Gasteiger partial charge is 0.257 e. The number of hydrogen-bond donors (Lipinski definition) is 1. The quantitative estimate of drug-likeness (QED) is 0.373. The molecule has 1 N–H and O–H groups in total. The number of nitrogens with one attached hydrogen (secondary N) is 1. The first-order valence-corrected chi connectivity index (χ1v) is 11.1. The van der Waals surface area contributed by atoms with Crippen LogP contribution in [0.2, 0.25) is 5.02 Å². The van der Waals surface area contributed by atoms with Gasteiger partial charge in [0.1, 0.15) is 5.00 Å². The number of methoxy groups -OCH3 is 3. The van der Waals surface area contributed by atoms with E-state index in [-0.39, 0.29) is 5.43 Å². The fourth-order valence-corrected chi connectivity index (χ4v) is 4.85. The van der Waals surface area contributed by atoms with Crippen molar-refractivity contribution >= 4 is 43.9 Å². The van der Waals surface area contributed by atoms with E-state index < -0.39 is 5.91 Å². The van der Waals surface area contributed by atoms with E-state index in [2.05, 4.69) is 5.32 Å². The predicted molar refractivity (Wildman–Crippen MR) is 133 cm³/mol. The van der Waals surface area contributed by atoms with E-state index in [0.29, 0.717) is 49.3 Å². The van der Waals surface area contributed by atoms with Gasteiger partial charge in [0.15, 0.2) is 16.9 Å². The summed E-state index contributed by atoms with van der Waals surface area (Å²) in [6, 6.07) is 17.4. The van der Waals surface area contributed by atoms with E-state index >= 15 is 0 Å². The molecule has 0 bridgehead atoms. The Morgan fingerprint density at radius 2 is 1.55 bits per heavy atom. The number of carbonyl (C=O) groups is 1. The molecule has 3 aromatic carbocycles. The first-order valence-electron chi connectivity index (χ1n) is 9.90. The van der Waals surface area contributed by atoms with Gasteiger partial charge in [-0.15, -0.1) is 11.3 Å². The van der Waals surface area contributed by atoms with Gasteiger partial charge in [0.25, 0.3) is 5.91 Å². The van der Waals surface area contributed by atoms with Crippen LogP contribution in [0, 0.1) is 0 Å². The minimum atomic E-state index is -0.416. The summed E-state index contributed by atoms with van der Waals surface area (Å²) >= 11 is 7.52. The Balaban J connectivity index is 1.96. The van der Waals surface area contributed by atoms with E-state index in [1.807, 2.05) is 12.1 Å². The minimum absolute atomic E-state index is 0.229. The van der Waals surface area contributed by atoms with Crippen LogP contribution in [-0.4, -0.2) is 27.2 Å². The van der Waals surface area contributed by atoms with Crippen LogP contribution in [0.3, 0.4) is 0 Å². The molecule has 4 rings (SSSR count). The lowest BCUT2D eigenvalue weighted by molar-refractivity contribution is 0.102. The summed E-state index contributed by atoms with van der Waals surface area (Å²) in [5.74, 6) is 0.781. The number of rotatable bonds is 6. The Bertz CT molecular complexity index is 1390. The average molecular weight is 482 g/mol. The van der Waals surface area contributed by atoms with Crippen LogP contribution in [0.5, 0.6) is 17.2 Å². The monoisotopic (exact) mass is 481 g/mol. The van der Waals surface area contributed by atoms with Crippen LogP contribution >= 0.6 is 22.9 Å². The van der Waals surface area contributed by atoms with Gasteiger partial charge >= 0.3 is 0 Å². The van der Waals surface area contributed by atoms with E-state index in [1.165, 1.54) is 32.7 Å². The molecule has 1 aromatic heterocycles.